The molecule has 1 aliphatic rings. The summed E-state index contributed by atoms with van der Waals surface area (Å²) < 4.78 is 1.29. The van der Waals surface area contributed by atoms with Crippen molar-refractivity contribution in [2.45, 2.75) is 25.9 Å². The number of nitrogens with zero attached hydrogens (tertiary/aromatic N) is 4. The third-order valence-electron chi connectivity index (χ3n) is 5.90. The molecule has 0 bridgehead atoms. The Morgan fingerprint density at radius 2 is 1.39 bits per heavy atom. The number of hydrogen-bond donors (Lipinski definition) is 0. The van der Waals surface area contributed by atoms with Gasteiger partial charge >= 0.3 is 0 Å². The van der Waals surface area contributed by atoms with E-state index < -0.39 is 6.04 Å². The van der Waals surface area contributed by atoms with Gasteiger partial charge in [0, 0.05) is 32.2 Å². The first-order chi connectivity index (χ1) is 15.0. The molecule has 31 heavy (non-hydrogen) atoms. The smallest absolute Gasteiger partial charge is 0.267 e. The molecule has 1 fully saturated rings. The van der Waals surface area contributed by atoms with Crippen LogP contribution in [0.2, 0.25) is 0 Å². The maximum atomic E-state index is 13.1. The fourth-order valence-corrected chi connectivity index (χ4v) is 4.25. The Bertz CT molecular complexity index is 1030. The van der Waals surface area contributed by atoms with Crippen LogP contribution in [0.25, 0.3) is 0 Å². The van der Waals surface area contributed by atoms with Crippen molar-refractivity contribution < 1.29 is 4.79 Å². The molecule has 6 nitrogen and oxygen atoms in total. The highest BCUT2D eigenvalue weighted by atomic mass is 16.2. The number of aryl methyl sites for hydroxylation is 1. The van der Waals surface area contributed by atoms with Crippen LogP contribution in [0, 0.1) is 6.92 Å². The number of aromatic nitrogens is 2. The molecule has 1 unspecified atom stereocenters. The van der Waals surface area contributed by atoms with E-state index in [1.54, 1.807) is 13.0 Å². The van der Waals surface area contributed by atoms with Crippen LogP contribution in [0.4, 0.5) is 0 Å². The molecule has 2 aromatic carbocycles. The molecule has 4 rings (SSSR count). The first-order valence-electron chi connectivity index (χ1n) is 10.7. The van der Waals surface area contributed by atoms with E-state index in [0.29, 0.717) is 13.1 Å². The van der Waals surface area contributed by atoms with Gasteiger partial charge in [-0.15, -0.1) is 0 Å². The van der Waals surface area contributed by atoms with Gasteiger partial charge in [-0.2, -0.15) is 5.10 Å². The second-order valence-corrected chi connectivity index (χ2v) is 8.02. The van der Waals surface area contributed by atoms with Crippen LogP contribution in [0.15, 0.2) is 77.6 Å². The van der Waals surface area contributed by atoms with E-state index in [1.165, 1.54) is 21.9 Å². The number of piperazine rings is 1. The zero-order chi connectivity index (χ0) is 21.8. The van der Waals surface area contributed by atoms with Crippen molar-refractivity contribution in [2.24, 2.45) is 0 Å². The van der Waals surface area contributed by atoms with Crippen molar-refractivity contribution in [2.75, 3.05) is 26.2 Å². The number of hydrogen-bond acceptors (Lipinski definition) is 4. The molecule has 1 aliphatic heterocycles. The maximum Gasteiger partial charge on any atom is 0.267 e. The summed E-state index contributed by atoms with van der Waals surface area (Å²) in [6.45, 7) is 6.35. The molecule has 1 aromatic heterocycles. The summed E-state index contributed by atoms with van der Waals surface area (Å²) in [5.41, 5.74) is 2.96. The number of benzene rings is 2. The summed E-state index contributed by atoms with van der Waals surface area (Å²) in [5.74, 6) is -0.0594. The van der Waals surface area contributed by atoms with Gasteiger partial charge in [0.25, 0.3) is 5.56 Å². The summed E-state index contributed by atoms with van der Waals surface area (Å²) in [6, 6.07) is 23.7. The third kappa shape index (κ3) is 4.59. The van der Waals surface area contributed by atoms with Gasteiger partial charge in [0.15, 0.2) is 0 Å². The molecule has 3 aromatic rings. The molecule has 1 amide bonds. The van der Waals surface area contributed by atoms with Crippen molar-refractivity contribution in [1.82, 2.24) is 19.6 Å². The molecule has 1 saturated heterocycles. The Labute approximate surface area is 182 Å². The van der Waals surface area contributed by atoms with Crippen LogP contribution in [-0.2, 0) is 4.79 Å². The summed E-state index contributed by atoms with van der Waals surface area (Å²) in [7, 11) is 0. The zero-order valence-corrected chi connectivity index (χ0v) is 18.0. The fraction of sp³-hybridized carbons (Fsp3) is 0.320. The van der Waals surface area contributed by atoms with Crippen LogP contribution in [0.3, 0.4) is 0 Å². The van der Waals surface area contributed by atoms with Crippen molar-refractivity contribution >= 4 is 5.91 Å². The number of rotatable bonds is 5. The molecule has 6 heteroatoms. The minimum absolute atomic E-state index is 0.0594. The molecular formula is C25H28N4O2. The van der Waals surface area contributed by atoms with Gasteiger partial charge in [-0.05, 0) is 31.0 Å². The number of carbonyl (C=O) groups excluding carboxylic acids is 1. The van der Waals surface area contributed by atoms with Crippen molar-refractivity contribution in [3.05, 3.63) is 100.0 Å². The van der Waals surface area contributed by atoms with Gasteiger partial charge in [-0.1, -0.05) is 60.7 Å². The molecule has 0 aliphatic carbocycles. The molecular weight excluding hydrogens is 388 g/mol. The van der Waals surface area contributed by atoms with Gasteiger partial charge in [0.05, 0.1) is 11.7 Å². The van der Waals surface area contributed by atoms with E-state index >= 15 is 0 Å². The Kier molecular flexibility index (Phi) is 6.28. The second-order valence-electron chi connectivity index (χ2n) is 8.02. The van der Waals surface area contributed by atoms with E-state index in [1.807, 2.05) is 24.0 Å². The number of carbonyl (C=O) groups is 1. The predicted molar refractivity (Wildman–Crippen MR) is 121 cm³/mol. The van der Waals surface area contributed by atoms with Gasteiger partial charge in [0.1, 0.15) is 6.04 Å². The van der Waals surface area contributed by atoms with Crippen LogP contribution in [-0.4, -0.2) is 51.7 Å². The van der Waals surface area contributed by atoms with Gasteiger partial charge < -0.3 is 4.90 Å². The van der Waals surface area contributed by atoms with Crippen LogP contribution < -0.4 is 5.56 Å². The van der Waals surface area contributed by atoms with E-state index in [-0.39, 0.29) is 17.5 Å². The lowest BCUT2D eigenvalue weighted by Crippen LogP contribution is -2.52. The average molecular weight is 417 g/mol. The third-order valence-corrected chi connectivity index (χ3v) is 5.90. The van der Waals surface area contributed by atoms with Crippen molar-refractivity contribution in [1.29, 1.82) is 0 Å². The molecule has 0 radical (unpaired) electrons. The number of amides is 1. The van der Waals surface area contributed by atoms with Gasteiger partial charge in [-0.3, -0.25) is 14.5 Å². The van der Waals surface area contributed by atoms with Crippen LogP contribution in [0.5, 0.6) is 0 Å². The molecule has 0 saturated carbocycles. The lowest BCUT2D eigenvalue weighted by molar-refractivity contribution is -0.136. The maximum absolute atomic E-state index is 13.1. The molecule has 2 heterocycles. The summed E-state index contributed by atoms with van der Waals surface area (Å²) in [4.78, 5) is 29.5. The Balaban J connectivity index is 1.49. The zero-order valence-electron chi connectivity index (χ0n) is 18.0. The fourth-order valence-electron chi connectivity index (χ4n) is 4.25. The Morgan fingerprint density at radius 1 is 0.839 bits per heavy atom. The lowest BCUT2D eigenvalue weighted by atomic mass is 9.96. The first kappa shape index (κ1) is 21.0. The normalized spacial score (nSPS) is 15.8. The van der Waals surface area contributed by atoms with E-state index in [2.05, 4.69) is 58.5 Å². The minimum Gasteiger partial charge on any atom is -0.338 e. The predicted octanol–water partition coefficient (Wildman–Crippen LogP) is 3.05. The van der Waals surface area contributed by atoms with Gasteiger partial charge in [-0.25, -0.2) is 4.68 Å². The minimum atomic E-state index is -0.613. The SMILES string of the molecule is Cc1ccc(=O)n(C(C)C(=O)N2CCN(C(c3ccccc3)c3ccccc3)CC2)n1. The van der Waals surface area contributed by atoms with E-state index in [9.17, 15) is 9.59 Å². The lowest BCUT2D eigenvalue weighted by Gasteiger charge is -2.40. The molecule has 1 atom stereocenters. The Morgan fingerprint density at radius 3 is 1.94 bits per heavy atom. The molecule has 160 valence electrons. The second kappa shape index (κ2) is 9.27. The summed E-state index contributed by atoms with van der Waals surface area (Å²) in [6.07, 6.45) is 0. The first-order valence-corrected chi connectivity index (χ1v) is 10.7. The van der Waals surface area contributed by atoms with Crippen LogP contribution >= 0.6 is 0 Å². The highest BCUT2D eigenvalue weighted by Gasteiger charge is 2.30. The quantitative estimate of drug-likeness (QED) is 0.642. The largest absolute Gasteiger partial charge is 0.338 e. The summed E-state index contributed by atoms with van der Waals surface area (Å²) >= 11 is 0. The molecule has 0 N–H and O–H groups in total. The highest BCUT2D eigenvalue weighted by molar-refractivity contribution is 5.80. The average Bonchev–Trinajstić information content (AvgIpc) is 2.82. The Hall–Kier alpha value is -3.25. The summed E-state index contributed by atoms with van der Waals surface area (Å²) in [5, 5.41) is 4.26. The monoisotopic (exact) mass is 416 g/mol. The van der Waals surface area contributed by atoms with Crippen molar-refractivity contribution in [3.63, 3.8) is 0 Å². The standard InChI is InChI=1S/C25H28N4O2/c1-19-13-14-23(30)29(26-19)20(2)25(31)28-17-15-27(16-18-28)24(21-9-5-3-6-10-21)22-11-7-4-8-12-22/h3-14,20,24H,15-18H2,1-2H3. The topological polar surface area (TPSA) is 58.4 Å². The van der Waals surface area contributed by atoms with Crippen LogP contribution in [0.1, 0.15) is 35.8 Å². The van der Waals surface area contributed by atoms with E-state index in [4.69, 9.17) is 0 Å². The van der Waals surface area contributed by atoms with Crippen molar-refractivity contribution in [3.8, 4) is 0 Å². The molecule has 0 spiro atoms. The highest BCUT2D eigenvalue weighted by Crippen LogP contribution is 2.29. The van der Waals surface area contributed by atoms with E-state index in [0.717, 1.165) is 18.8 Å². The van der Waals surface area contributed by atoms with Gasteiger partial charge in [0.2, 0.25) is 5.91 Å².